The van der Waals surface area contributed by atoms with Gasteiger partial charge < -0.3 is 29.3 Å². The van der Waals surface area contributed by atoms with Crippen LogP contribution < -0.4 is 19.7 Å². The molecule has 1 N–H and O–H groups in total. The monoisotopic (exact) mass is 549 g/mol. The summed E-state index contributed by atoms with van der Waals surface area (Å²) in [7, 11) is 0. The molecule has 2 aromatic heterocycles. The second kappa shape index (κ2) is 12.7. The van der Waals surface area contributed by atoms with Crippen LogP contribution in [0.4, 0.5) is 10.6 Å². The van der Waals surface area contributed by atoms with Crippen molar-refractivity contribution in [3.05, 3.63) is 54.7 Å². The number of ether oxygens (including phenoxy) is 3. The average Bonchev–Trinajstić information content (AvgIpc) is 3.52. The number of piperazine rings is 1. The van der Waals surface area contributed by atoms with Gasteiger partial charge in [0.15, 0.2) is 11.5 Å². The summed E-state index contributed by atoms with van der Waals surface area (Å²) in [5.41, 5.74) is 1.05. The van der Waals surface area contributed by atoms with Gasteiger partial charge in [0, 0.05) is 51.2 Å². The normalized spacial score (nSPS) is 17.3. The summed E-state index contributed by atoms with van der Waals surface area (Å²) in [4.78, 5) is 42.9. The van der Waals surface area contributed by atoms with Gasteiger partial charge in [-0.2, -0.15) is 4.98 Å². The number of nitrogens with one attached hydrogen (secondary N) is 1. The van der Waals surface area contributed by atoms with Crippen molar-refractivity contribution in [1.29, 1.82) is 0 Å². The minimum atomic E-state index is -0.398. The largest absolute Gasteiger partial charge is 0.486 e. The van der Waals surface area contributed by atoms with Crippen molar-refractivity contribution in [2.45, 2.75) is 45.3 Å². The van der Waals surface area contributed by atoms with Crippen LogP contribution in [0.2, 0.25) is 0 Å². The topological polar surface area (TPSA) is 124 Å². The molecule has 0 saturated carbocycles. The average molecular weight is 550 g/mol. The molecule has 212 valence electrons. The maximum atomic E-state index is 13.0. The number of aromatic nitrogens is 4. The lowest BCUT2D eigenvalue weighted by atomic mass is 10.1. The summed E-state index contributed by atoms with van der Waals surface area (Å²) >= 11 is 0. The van der Waals surface area contributed by atoms with Gasteiger partial charge in [0.25, 0.3) is 0 Å². The Kier molecular flexibility index (Phi) is 8.62. The molecule has 1 saturated heterocycles. The van der Waals surface area contributed by atoms with Gasteiger partial charge in [0.05, 0.1) is 6.04 Å². The van der Waals surface area contributed by atoms with E-state index in [0.29, 0.717) is 58.2 Å². The van der Waals surface area contributed by atoms with Crippen LogP contribution in [-0.4, -0.2) is 88.0 Å². The lowest BCUT2D eigenvalue weighted by molar-refractivity contribution is -0.122. The number of carbonyl (C=O) groups excluding carboxylic acids is 2. The van der Waals surface area contributed by atoms with Crippen molar-refractivity contribution in [3.63, 3.8) is 0 Å². The molecule has 40 heavy (non-hydrogen) atoms. The number of carbonyl (C=O) groups is 2. The molecule has 2 aliphatic rings. The molecule has 3 aromatic rings. The van der Waals surface area contributed by atoms with E-state index in [9.17, 15) is 9.59 Å². The standard InChI is InChI=1S/C28H35N7O5/c1-3-20(2)40-28(37)35-13-12-33(25-7-9-31-27(32-25)34-11-10-29-19-34)18-22(35)17-26(36)30-8-6-21-4-5-23-24(16-21)39-15-14-38-23/h4-5,7,9-11,16,19-20,22H,3,6,8,12-15,17-18H2,1-2H3,(H,30,36). The lowest BCUT2D eigenvalue weighted by Crippen LogP contribution is -2.57. The van der Waals surface area contributed by atoms with Crippen LogP contribution in [0.1, 0.15) is 32.3 Å². The first-order chi connectivity index (χ1) is 19.5. The van der Waals surface area contributed by atoms with Crippen molar-refractivity contribution in [2.75, 3.05) is 44.3 Å². The smallest absolute Gasteiger partial charge is 0.410 e. The molecule has 5 rings (SSSR count). The van der Waals surface area contributed by atoms with E-state index in [1.807, 2.05) is 38.1 Å². The Morgan fingerprint density at radius 1 is 1.15 bits per heavy atom. The Morgan fingerprint density at radius 3 is 2.80 bits per heavy atom. The number of fused-ring (bicyclic) bond motifs is 1. The van der Waals surface area contributed by atoms with Gasteiger partial charge in [0.2, 0.25) is 11.9 Å². The fourth-order valence-corrected chi connectivity index (χ4v) is 4.69. The van der Waals surface area contributed by atoms with Crippen LogP contribution in [0.3, 0.4) is 0 Å². The summed E-state index contributed by atoms with van der Waals surface area (Å²) in [5, 5.41) is 3.01. The number of hydrogen-bond acceptors (Lipinski definition) is 9. The van der Waals surface area contributed by atoms with E-state index in [0.717, 1.165) is 22.9 Å². The molecule has 12 nitrogen and oxygen atoms in total. The van der Waals surface area contributed by atoms with Gasteiger partial charge in [-0.25, -0.2) is 14.8 Å². The van der Waals surface area contributed by atoms with Gasteiger partial charge in [-0.05, 0) is 43.5 Å². The van der Waals surface area contributed by atoms with E-state index >= 15 is 0 Å². The third-order valence-electron chi connectivity index (χ3n) is 7.05. The Hall–Kier alpha value is -4.35. The Morgan fingerprint density at radius 2 is 2.00 bits per heavy atom. The molecule has 2 aliphatic heterocycles. The maximum Gasteiger partial charge on any atom is 0.410 e. The first-order valence-corrected chi connectivity index (χ1v) is 13.7. The number of nitrogens with zero attached hydrogens (tertiary/aromatic N) is 6. The SMILES string of the molecule is CCC(C)OC(=O)N1CCN(c2ccnc(-n3ccnc3)n2)CC1CC(=O)NCCc1ccc2c(c1)OCCO2. The van der Waals surface area contributed by atoms with E-state index in [-0.39, 0.29) is 24.5 Å². The summed E-state index contributed by atoms with van der Waals surface area (Å²) in [6, 6.07) is 7.27. The quantitative estimate of drug-likeness (QED) is 0.429. The predicted octanol–water partition coefficient (Wildman–Crippen LogP) is 2.61. The highest BCUT2D eigenvalue weighted by Crippen LogP contribution is 2.30. The van der Waals surface area contributed by atoms with Crippen molar-refractivity contribution in [3.8, 4) is 17.4 Å². The van der Waals surface area contributed by atoms with Gasteiger partial charge in [-0.3, -0.25) is 9.36 Å². The van der Waals surface area contributed by atoms with Crippen LogP contribution in [0.15, 0.2) is 49.2 Å². The van der Waals surface area contributed by atoms with Crippen molar-refractivity contribution in [2.24, 2.45) is 0 Å². The van der Waals surface area contributed by atoms with Crippen molar-refractivity contribution >= 4 is 17.8 Å². The predicted molar refractivity (Wildman–Crippen MR) is 147 cm³/mol. The zero-order valence-corrected chi connectivity index (χ0v) is 22.9. The number of rotatable bonds is 9. The maximum absolute atomic E-state index is 13.0. The molecule has 0 bridgehead atoms. The number of benzene rings is 1. The molecule has 0 radical (unpaired) electrons. The van der Waals surface area contributed by atoms with Crippen LogP contribution in [0.25, 0.3) is 5.95 Å². The van der Waals surface area contributed by atoms with Gasteiger partial charge in [-0.15, -0.1) is 0 Å². The zero-order chi connectivity index (χ0) is 27.9. The number of amides is 2. The minimum Gasteiger partial charge on any atom is -0.486 e. The third kappa shape index (κ3) is 6.61. The number of hydrogen-bond donors (Lipinski definition) is 1. The molecule has 2 atom stereocenters. The molecule has 1 aromatic carbocycles. The fraction of sp³-hybridized carbons (Fsp3) is 0.464. The summed E-state index contributed by atoms with van der Waals surface area (Å²) in [6.07, 6.45) is 7.69. The zero-order valence-electron chi connectivity index (χ0n) is 22.9. The second-order valence-electron chi connectivity index (χ2n) is 9.86. The van der Waals surface area contributed by atoms with Crippen LogP contribution >= 0.6 is 0 Å². The number of imidazole rings is 1. The highest BCUT2D eigenvalue weighted by Gasteiger charge is 2.34. The van der Waals surface area contributed by atoms with Crippen LogP contribution in [0.5, 0.6) is 11.5 Å². The van der Waals surface area contributed by atoms with Gasteiger partial charge in [-0.1, -0.05) is 13.0 Å². The van der Waals surface area contributed by atoms with E-state index in [4.69, 9.17) is 14.2 Å². The Balaban J connectivity index is 1.23. The Bertz CT molecular complexity index is 1300. The molecular weight excluding hydrogens is 514 g/mol. The highest BCUT2D eigenvalue weighted by molar-refractivity contribution is 5.78. The molecule has 2 unspecified atom stereocenters. The fourth-order valence-electron chi connectivity index (χ4n) is 4.69. The Labute approximate surface area is 233 Å². The molecule has 0 aliphatic carbocycles. The van der Waals surface area contributed by atoms with Crippen molar-refractivity contribution < 1.29 is 23.8 Å². The summed E-state index contributed by atoms with van der Waals surface area (Å²) in [6.45, 7) is 6.78. The number of anilines is 1. The van der Waals surface area contributed by atoms with Gasteiger partial charge in [0.1, 0.15) is 31.5 Å². The third-order valence-corrected chi connectivity index (χ3v) is 7.05. The molecule has 2 amide bonds. The molecule has 1 fully saturated rings. The van der Waals surface area contributed by atoms with E-state index in [2.05, 4.69) is 25.2 Å². The summed E-state index contributed by atoms with van der Waals surface area (Å²) < 4.78 is 18.6. The summed E-state index contributed by atoms with van der Waals surface area (Å²) in [5.74, 6) is 2.56. The molecule has 0 spiro atoms. The van der Waals surface area contributed by atoms with Gasteiger partial charge >= 0.3 is 6.09 Å². The second-order valence-corrected chi connectivity index (χ2v) is 9.86. The van der Waals surface area contributed by atoms with E-state index < -0.39 is 6.09 Å². The lowest BCUT2D eigenvalue weighted by Gasteiger charge is -2.41. The van der Waals surface area contributed by atoms with Crippen LogP contribution in [0, 0.1) is 0 Å². The van der Waals surface area contributed by atoms with E-state index in [1.54, 1.807) is 34.4 Å². The molecular formula is C28H35N7O5. The highest BCUT2D eigenvalue weighted by atomic mass is 16.6. The van der Waals surface area contributed by atoms with Crippen molar-refractivity contribution in [1.82, 2.24) is 29.7 Å². The first-order valence-electron chi connectivity index (χ1n) is 13.7. The molecule has 12 heteroatoms. The molecule has 4 heterocycles. The minimum absolute atomic E-state index is 0.132. The van der Waals surface area contributed by atoms with E-state index in [1.165, 1.54) is 0 Å². The first kappa shape index (κ1) is 27.2. The van der Waals surface area contributed by atoms with Crippen LogP contribution in [-0.2, 0) is 16.0 Å².